The van der Waals surface area contributed by atoms with Gasteiger partial charge >= 0.3 is 0 Å². The minimum atomic E-state index is 0.00529. The molecule has 0 aromatic carbocycles. The lowest BCUT2D eigenvalue weighted by Gasteiger charge is -2.19. The molecule has 1 aliphatic heterocycles. The summed E-state index contributed by atoms with van der Waals surface area (Å²) in [6.45, 7) is 1.43. The highest BCUT2D eigenvalue weighted by Crippen LogP contribution is 2.17. The van der Waals surface area contributed by atoms with Gasteiger partial charge in [0.15, 0.2) is 0 Å². The monoisotopic (exact) mass is 227 g/mol. The highest BCUT2D eigenvalue weighted by Gasteiger charge is 2.20. The number of hydrogen-bond acceptors (Lipinski definition) is 2. The summed E-state index contributed by atoms with van der Waals surface area (Å²) in [6, 6.07) is 0. The van der Waals surface area contributed by atoms with Crippen molar-refractivity contribution >= 4 is 17.5 Å². The van der Waals surface area contributed by atoms with Crippen molar-refractivity contribution in [2.24, 2.45) is 7.05 Å². The normalized spacial score (nSPS) is 16.0. The van der Waals surface area contributed by atoms with Crippen LogP contribution in [-0.2, 0) is 24.8 Å². The summed E-state index contributed by atoms with van der Waals surface area (Å²) in [5, 5.41) is 4.21. The van der Waals surface area contributed by atoms with Crippen molar-refractivity contribution in [3.05, 3.63) is 17.5 Å². The quantitative estimate of drug-likeness (QED) is 0.670. The lowest BCUT2D eigenvalue weighted by molar-refractivity contribution is -0.129. The van der Waals surface area contributed by atoms with E-state index in [1.807, 2.05) is 17.9 Å². The van der Waals surface area contributed by atoms with Gasteiger partial charge in [-0.25, -0.2) is 0 Å². The van der Waals surface area contributed by atoms with Crippen molar-refractivity contribution in [2.75, 3.05) is 12.4 Å². The highest BCUT2D eigenvalue weighted by molar-refractivity contribution is 6.27. The van der Waals surface area contributed by atoms with Gasteiger partial charge in [-0.1, -0.05) is 0 Å². The van der Waals surface area contributed by atoms with Crippen molar-refractivity contribution in [1.29, 1.82) is 0 Å². The van der Waals surface area contributed by atoms with Crippen molar-refractivity contribution in [1.82, 2.24) is 14.7 Å². The van der Waals surface area contributed by atoms with Gasteiger partial charge < -0.3 is 4.90 Å². The van der Waals surface area contributed by atoms with Crippen LogP contribution in [0.15, 0.2) is 6.20 Å². The van der Waals surface area contributed by atoms with E-state index in [-0.39, 0.29) is 11.8 Å². The zero-order valence-electron chi connectivity index (χ0n) is 8.74. The maximum atomic E-state index is 11.5. The van der Waals surface area contributed by atoms with E-state index < -0.39 is 0 Å². The van der Waals surface area contributed by atoms with E-state index in [9.17, 15) is 4.79 Å². The molecule has 1 aliphatic rings. The molecule has 1 aromatic rings. The second-order valence-electron chi connectivity index (χ2n) is 3.79. The number of hydrogen-bond donors (Lipinski definition) is 0. The molecule has 0 unspecified atom stereocenters. The molecule has 82 valence electrons. The highest BCUT2D eigenvalue weighted by atomic mass is 35.5. The summed E-state index contributed by atoms with van der Waals surface area (Å²) < 4.78 is 1.84. The third kappa shape index (κ3) is 2.00. The zero-order valence-corrected chi connectivity index (χ0v) is 9.50. The van der Waals surface area contributed by atoms with Crippen LogP contribution in [0, 0.1) is 0 Å². The smallest absolute Gasteiger partial charge is 0.237 e. The van der Waals surface area contributed by atoms with Crippen molar-refractivity contribution in [3.63, 3.8) is 0 Å². The van der Waals surface area contributed by atoms with Gasteiger partial charge in [0.2, 0.25) is 5.91 Å². The second kappa shape index (κ2) is 4.23. The summed E-state index contributed by atoms with van der Waals surface area (Å²) in [4.78, 5) is 13.3. The maximum absolute atomic E-state index is 11.5. The van der Waals surface area contributed by atoms with Gasteiger partial charge in [0, 0.05) is 13.6 Å². The Labute approximate surface area is 93.8 Å². The van der Waals surface area contributed by atoms with Crippen LogP contribution in [0.1, 0.15) is 17.7 Å². The largest absolute Gasteiger partial charge is 0.336 e. The molecule has 0 fully saturated rings. The molecule has 0 N–H and O–H groups in total. The number of carbonyl (C=O) groups excluding carboxylic acids is 1. The summed E-state index contributed by atoms with van der Waals surface area (Å²) in [7, 11) is 1.91. The van der Waals surface area contributed by atoms with Crippen LogP contribution in [0.3, 0.4) is 0 Å². The third-order valence-electron chi connectivity index (χ3n) is 2.83. The standard InChI is InChI=1S/C10H14ClN3O/c1-13-9-7-14(10(15)5-11)4-2-3-8(9)6-12-13/h6H,2-5,7H2,1H3. The predicted molar refractivity (Wildman–Crippen MR) is 57.7 cm³/mol. The molecule has 0 saturated heterocycles. The van der Waals surface area contributed by atoms with Gasteiger partial charge in [-0.05, 0) is 18.4 Å². The molecule has 0 aliphatic carbocycles. The molecule has 15 heavy (non-hydrogen) atoms. The fraction of sp³-hybridized carbons (Fsp3) is 0.600. The van der Waals surface area contributed by atoms with Crippen LogP contribution >= 0.6 is 11.6 Å². The van der Waals surface area contributed by atoms with Crippen molar-refractivity contribution in [2.45, 2.75) is 19.4 Å². The minimum Gasteiger partial charge on any atom is -0.336 e. The SMILES string of the molecule is Cn1ncc2c1CN(C(=O)CCl)CCC2. The number of rotatable bonds is 1. The number of aromatic nitrogens is 2. The van der Waals surface area contributed by atoms with Crippen LogP contribution < -0.4 is 0 Å². The zero-order chi connectivity index (χ0) is 10.8. The lowest BCUT2D eigenvalue weighted by atomic mass is 10.1. The van der Waals surface area contributed by atoms with Crippen molar-refractivity contribution in [3.8, 4) is 0 Å². The fourth-order valence-electron chi connectivity index (χ4n) is 1.94. The Bertz CT molecular complexity index is 375. The first-order chi connectivity index (χ1) is 7.22. The van der Waals surface area contributed by atoms with E-state index >= 15 is 0 Å². The first-order valence-corrected chi connectivity index (χ1v) is 5.59. The summed E-state index contributed by atoms with van der Waals surface area (Å²) in [5.74, 6) is 0.0680. The van der Waals surface area contributed by atoms with Gasteiger partial charge in [0.05, 0.1) is 18.4 Å². The molecule has 0 spiro atoms. The second-order valence-corrected chi connectivity index (χ2v) is 4.06. The Morgan fingerprint density at radius 1 is 1.67 bits per heavy atom. The van der Waals surface area contributed by atoms with E-state index in [0.29, 0.717) is 6.54 Å². The fourth-order valence-corrected chi connectivity index (χ4v) is 2.11. The Balaban J connectivity index is 2.23. The molecule has 2 heterocycles. The molecule has 2 rings (SSSR count). The van der Waals surface area contributed by atoms with E-state index in [1.54, 1.807) is 4.90 Å². The molecular formula is C10H14ClN3O. The third-order valence-corrected chi connectivity index (χ3v) is 3.06. The number of aryl methyl sites for hydroxylation is 2. The van der Waals surface area contributed by atoms with E-state index in [4.69, 9.17) is 11.6 Å². The van der Waals surface area contributed by atoms with Crippen molar-refractivity contribution < 1.29 is 4.79 Å². The number of halogens is 1. The Kier molecular flexibility index (Phi) is 2.95. The topological polar surface area (TPSA) is 38.1 Å². The maximum Gasteiger partial charge on any atom is 0.237 e. The number of fused-ring (bicyclic) bond motifs is 1. The lowest BCUT2D eigenvalue weighted by Crippen LogP contribution is -2.32. The van der Waals surface area contributed by atoms with Gasteiger partial charge in [0.25, 0.3) is 0 Å². The summed E-state index contributed by atoms with van der Waals surface area (Å²) in [6.07, 6.45) is 3.88. The Morgan fingerprint density at radius 3 is 3.20 bits per heavy atom. The van der Waals surface area contributed by atoms with Crippen LogP contribution in [0.4, 0.5) is 0 Å². The van der Waals surface area contributed by atoms with Gasteiger partial charge in [-0.2, -0.15) is 5.10 Å². The average Bonchev–Trinajstić information content (AvgIpc) is 2.50. The Hall–Kier alpha value is -1.03. The molecule has 0 atom stereocenters. The van der Waals surface area contributed by atoms with Gasteiger partial charge in [0.1, 0.15) is 5.88 Å². The predicted octanol–water partition coefficient (Wildman–Crippen LogP) is 0.934. The van der Waals surface area contributed by atoms with E-state index in [0.717, 1.165) is 25.1 Å². The Morgan fingerprint density at radius 2 is 2.47 bits per heavy atom. The molecule has 4 nitrogen and oxygen atoms in total. The van der Waals surface area contributed by atoms with Gasteiger partial charge in [-0.15, -0.1) is 11.6 Å². The molecule has 1 amide bonds. The number of carbonyl (C=O) groups is 1. The summed E-state index contributed by atoms with van der Waals surface area (Å²) in [5.41, 5.74) is 2.38. The van der Waals surface area contributed by atoms with E-state index in [2.05, 4.69) is 5.10 Å². The molecular weight excluding hydrogens is 214 g/mol. The number of alkyl halides is 1. The average molecular weight is 228 g/mol. The number of nitrogens with zero attached hydrogens (tertiary/aromatic N) is 3. The van der Waals surface area contributed by atoms with Crippen LogP contribution in [0.2, 0.25) is 0 Å². The summed E-state index contributed by atoms with van der Waals surface area (Å²) >= 11 is 5.57. The molecule has 0 radical (unpaired) electrons. The minimum absolute atomic E-state index is 0.00529. The molecule has 5 heteroatoms. The molecule has 0 saturated carbocycles. The van der Waals surface area contributed by atoms with Gasteiger partial charge in [-0.3, -0.25) is 9.48 Å². The first kappa shape index (κ1) is 10.5. The van der Waals surface area contributed by atoms with Crippen LogP contribution in [0.5, 0.6) is 0 Å². The van der Waals surface area contributed by atoms with Crippen LogP contribution in [0.25, 0.3) is 0 Å². The molecule has 0 bridgehead atoms. The van der Waals surface area contributed by atoms with Crippen LogP contribution in [-0.4, -0.2) is 33.0 Å². The first-order valence-electron chi connectivity index (χ1n) is 5.06. The number of amides is 1. The van der Waals surface area contributed by atoms with E-state index in [1.165, 1.54) is 5.56 Å². The molecule has 1 aromatic heterocycles.